The fourth-order valence-electron chi connectivity index (χ4n) is 4.90. The molecule has 4 heterocycles. The highest BCUT2D eigenvalue weighted by atomic mass is 35.5. The molecule has 2 aromatic heterocycles. The maximum Gasteiger partial charge on any atom is 0.255 e. The van der Waals surface area contributed by atoms with Crippen LogP contribution in [-0.4, -0.2) is 68.7 Å². The van der Waals surface area contributed by atoms with Crippen LogP contribution in [0.5, 0.6) is 0 Å². The van der Waals surface area contributed by atoms with Crippen LogP contribution in [0.15, 0.2) is 42.6 Å². The number of anilines is 1. The van der Waals surface area contributed by atoms with E-state index in [1.807, 2.05) is 44.2 Å². The topological polar surface area (TPSA) is 130 Å². The smallest absolute Gasteiger partial charge is 0.255 e. The van der Waals surface area contributed by atoms with Crippen LogP contribution in [0.2, 0.25) is 5.02 Å². The van der Waals surface area contributed by atoms with E-state index in [0.717, 1.165) is 24.1 Å². The first-order valence-corrected chi connectivity index (χ1v) is 13.4. The van der Waals surface area contributed by atoms with Gasteiger partial charge in [0, 0.05) is 42.6 Å². The molecule has 2 atom stereocenters. The van der Waals surface area contributed by atoms with Crippen molar-refractivity contribution in [1.82, 2.24) is 25.2 Å². The lowest BCUT2D eigenvalue weighted by molar-refractivity contribution is -0.127. The number of aromatic nitrogens is 3. The Kier molecular flexibility index (Phi) is 8.06. The maximum absolute atomic E-state index is 13.4. The van der Waals surface area contributed by atoms with Crippen molar-refractivity contribution in [1.29, 1.82) is 0 Å². The first kappa shape index (κ1) is 27.0. The molecule has 5 rings (SSSR count). The number of aliphatic hydroxyl groups excluding tert-OH is 1. The third kappa shape index (κ3) is 5.88. The molecule has 204 valence electrons. The van der Waals surface area contributed by atoms with E-state index in [1.54, 1.807) is 12.3 Å². The lowest BCUT2D eigenvalue weighted by Crippen LogP contribution is -2.49. The number of ether oxygens (including phenoxy) is 1. The highest BCUT2D eigenvalue weighted by Crippen LogP contribution is 2.32. The molecular formula is C28H31ClN6O4. The zero-order chi connectivity index (χ0) is 27.5. The minimum Gasteiger partial charge on any atom is -0.394 e. The van der Waals surface area contributed by atoms with Gasteiger partial charge in [0.1, 0.15) is 6.04 Å². The van der Waals surface area contributed by atoms with Gasteiger partial charge in [-0.05, 0) is 50.5 Å². The molecule has 0 saturated carbocycles. The summed E-state index contributed by atoms with van der Waals surface area (Å²) in [6.45, 7) is 4.77. The Balaban J connectivity index is 1.33. The van der Waals surface area contributed by atoms with E-state index in [9.17, 15) is 14.7 Å². The summed E-state index contributed by atoms with van der Waals surface area (Å²) in [5.41, 5.74) is 3.91. The Hall–Kier alpha value is -3.60. The number of carbonyl (C=O) groups is 2. The summed E-state index contributed by atoms with van der Waals surface area (Å²) < 4.78 is 5.41. The van der Waals surface area contributed by atoms with Crippen molar-refractivity contribution in [3.05, 3.63) is 70.1 Å². The molecule has 0 bridgehead atoms. The molecule has 0 unspecified atom stereocenters. The molecule has 11 heteroatoms. The highest BCUT2D eigenvalue weighted by molar-refractivity contribution is 6.33. The maximum atomic E-state index is 13.4. The normalized spacial score (nSPS) is 17.0. The predicted molar refractivity (Wildman–Crippen MR) is 146 cm³/mol. The van der Waals surface area contributed by atoms with Crippen LogP contribution in [0.3, 0.4) is 0 Å². The number of hydrogen-bond donors (Lipinski definition) is 3. The van der Waals surface area contributed by atoms with Gasteiger partial charge in [-0.25, -0.2) is 9.97 Å². The lowest BCUT2D eigenvalue weighted by atomic mass is 10.0. The summed E-state index contributed by atoms with van der Waals surface area (Å²) in [7, 11) is 0. The van der Waals surface area contributed by atoms with Crippen molar-refractivity contribution in [2.75, 3.05) is 25.1 Å². The number of hydrogen-bond acceptors (Lipinski definition) is 8. The molecule has 1 aromatic carbocycles. The summed E-state index contributed by atoms with van der Waals surface area (Å²) in [6.07, 6.45) is 3.28. The number of halogens is 1. The summed E-state index contributed by atoms with van der Waals surface area (Å²) >= 11 is 6.45. The van der Waals surface area contributed by atoms with Crippen molar-refractivity contribution >= 4 is 29.4 Å². The van der Waals surface area contributed by atoms with Gasteiger partial charge in [0.05, 0.1) is 35.3 Å². The van der Waals surface area contributed by atoms with E-state index < -0.39 is 18.6 Å². The van der Waals surface area contributed by atoms with E-state index in [4.69, 9.17) is 16.3 Å². The Morgan fingerprint density at radius 3 is 2.77 bits per heavy atom. The fraction of sp³-hybridized carbons (Fsp3) is 0.393. The number of benzene rings is 1. The number of aliphatic hydroxyl groups is 1. The molecule has 3 N–H and O–H groups in total. The first-order valence-electron chi connectivity index (χ1n) is 13.0. The number of nitrogens with zero attached hydrogens (tertiary/aromatic N) is 4. The van der Waals surface area contributed by atoms with Crippen LogP contribution in [0, 0.1) is 6.92 Å². The molecule has 3 aromatic rings. The predicted octanol–water partition coefficient (Wildman–Crippen LogP) is 3.29. The van der Waals surface area contributed by atoms with E-state index in [1.165, 1.54) is 4.90 Å². The Morgan fingerprint density at radius 1 is 1.23 bits per heavy atom. The first-order chi connectivity index (χ1) is 18.8. The summed E-state index contributed by atoms with van der Waals surface area (Å²) in [4.78, 5) is 41.3. The van der Waals surface area contributed by atoms with Crippen molar-refractivity contribution in [2.45, 2.75) is 51.4 Å². The van der Waals surface area contributed by atoms with Crippen molar-refractivity contribution in [3.8, 4) is 11.3 Å². The number of fused-ring (bicyclic) bond motifs is 1. The minimum atomic E-state index is -1.04. The van der Waals surface area contributed by atoms with Gasteiger partial charge < -0.3 is 25.4 Å². The number of amides is 2. The Bertz CT molecular complexity index is 1380. The molecule has 1 fully saturated rings. The van der Waals surface area contributed by atoms with Crippen LogP contribution in [0.1, 0.15) is 53.1 Å². The molecule has 2 aliphatic rings. The minimum absolute atomic E-state index is 0.207. The van der Waals surface area contributed by atoms with E-state index in [-0.39, 0.29) is 24.5 Å². The van der Waals surface area contributed by atoms with Crippen LogP contribution in [-0.2, 0) is 16.1 Å². The van der Waals surface area contributed by atoms with E-state index in [2.05, 4.69) is 25.6 Å². The van der Waals surface area contributed by atoms with E-state index in [0.29, 0.717) is 46.7 Å². The fourth-order valence-corrected chi connectivity index (χ4v) is 5.10. The second-order valence-electron chi connectivity index (χ2n) is 9.86. The molecule has 0 spiro atoms. The molecular weight excluding hydrogens is 520 g/mol. The van der Waals surface area contributed by atoms with Crippen LogP contribution < -0.4 is 10.6 Å². The van der Waals surface area contributed by atoms with E-state index >= 15 is 0 Å². The third-order valence-electron chi connectivity index (χ3n) is 7.08. The van der Waals surface area contributed by atoms with Gasteiger partial charge in [0.15, 0.2) is 0 Å². The van der Waals surface area contributed by atoms with Crippen molar-refractivity contribution < 1.29 is 19.4 Å². The number of rotatable bonds is 8. The summed E-state index contributed by atoms with van der Waals surface area (Å²) in [5.74, 6) is -0.325. The molecule has 0 radical (unpaired) electrons. The molecule has 0 aliphatic carbocycles. The van der Waals surface area contributed by atoms with Crippen molar-refractivity contribution in [3.63, 3.8) is 0 Å². The summed E-state index contributed by atoms with van der Waals surface area (Å²) in [5, 5.41) is 16.7. The number of aryl methyl sites for hydroxylation is 1. The number of carbonyl (C=O) groups excluding carboxylic acids is 2. The van der Waals surface area contributed by atoms with Gasteiger partial charge in [-0.2, -0.15) is 0 Å². The summed E-state index contributed by atoms with van der Waals surface area (Å²) in [6, 6.07) is 9.77. The molecule has 2 amide bonds. The lowest BCUT2D eigenvalue weighted by Gasteiger charge is -2.26. The SMILES string of the molecule is Cc1cccc([C@@H](C)NC(=O)[C@@H](CO)N2Cc3ccc(-c4nc(NC5CCOCC5)ncc4Cl)cc3C2=O)n1. The van der Waals surface area contributed by atoms with Crippen LogP contribution in [0.25, 0.3) is 11.3 Å². The van der Waals surface area contributed by atoms with Gasteiger partial charge in [-0.1, -0.05) is 29.8 Å². The average molecular weight is 551 g/mol. The Labute approximate surface area is 231 Å². The van der Waals surface area contributed by atoms with Crippen molar-refractivity contribution in [2.24, 2.45) is 0 Å². The van der Waals surface area contributed by atoms with Gasteiger partial charge in [0.25, 0.3) is 5.91 Å². The zero-order valence-electron chi connectivity index (χ0n) is 21.9. The quantitative estimate of drug-likeness (QED) is 0.389. The highest BCUT2D eigenvalue weighted by Gasteiger charge is 2.37. The third-order valence-corrected chi connectivity index (χ3v) is 7.35. The number of pyridine rings is 1. The monoisotopic (exact) mass is 550 g/mol. The van der Waals surface area contributed by atoms with Crippen LogP contribution >= 0.6 is 11.6 Å². The average Bonchev–Trinajstić information content (AvgIpc) is 3.26. The molecule has 2 aliphatic heterocycles. The standard InChI is InChI=1S/C28H31ClN6O4/c1-16-4-3-5-23(31-16)17(2)32-26(37)24(15-36)35-14-19-7-6-18(12-21(19)27(35)38)25-22(29)13-30-28(34-25)33-20-8-10-39-11-9-20/h3-7,12-13,17,20,24,36H,8-11,14-15H2,1-2H3,(H,32,37)(H,30,33,34)/t17-,24-/m1/s1. The number of nitrogens with one attached hydrogen (secondary N) is 2. The second-order valence-corrected chi connectivity index (χ2v) is 10.3. The second kappa shape index (κ2) is 11.6. The zero-order valence-corrected chi connectivity index (χ0v) is 22.6. The Morgan fingerprint density at radius 2 is 2.03 bits per heavy atom. The van der Waals surface area contributed by atoms with Gasteiger partial charge in [-0.3, -0.25) is 14.6 Å². The largest absolute Gasteiger partial charge is 0.394 e. The molecule has 39 heavy (non-hydrogen) atoms. The van der Waals surface area contributed by atoms with Gasteiger partial charge in [-0.15, -0.1) is 0 Å². The van der Waals surface area contributed by atoms with Gasteiger partial charge >= 0.3 is 0 Å². The molecule has 10 nitrogen and oxygen atoms in total. The molecule has 1 saturated heterocycles. The van der Waals surface area contributed by atoms with Gasteiger partial charge in [0.2, 0.25) is 11.9 Å². The van der Waals surface area contributed by atoms with Crippen LogP contribution in [0.4, 0.5) is 5.95 Å².